The summed E-state index contributed by atoms with van der Waals surface area (Å²) < 4.78 is 30.8. The molecule has 1 N–H and O–H groups in total. The average molecular weight is 407 g/mol. The van der Waals surface area contributed by atoms with Crippen LogP contribution >= 0.6 is 0 Å². The van der Waals surface area contributed by atoms with Gasteiger partial charge < -0.3 is 10.1 Å². The van der Waals surface area contributed by atoms with Crippen LogP contribution in [0.3, 0.4) is 0 Å². The number of carbonyl (C=O) groups excluding carboxylic acids is 1. The molecule has 0 aliphatic heterocycles. The van der Waals surface area contributed by atoms with E-state index in [-0.39, 0.29) is 11.4 Å². The first kappa shape index (κ1) is 21.2. The van der Waals surface area contributed by atoms with E-state index in [9.17, 15) is 23.3 Å². The first-order valence-corrected chi connectivity index (χ1v) is 10.3. The zero-order valence-corrected chi connectivity index (χ0v) is 16.5. The van der Waals surface area contributed by atoms with E-state index in [1.165, 1.54) is 25.1 Å². The Labute approximate surface area is 163 Å². The van der Waals surface area contributed by atoms with Gasteiger partial charge in [0.25, 0.3) is 5.69 Å². The quantitative estimate of drug-likeness (QED) is 0.531. The van der Waals surface area contributed by atoms with Crippen molar-refractivity contribution in [2.24, 2.45) is 0 Å². The molecule has 0 aliphatic carbocycles. The van der Waals surface area contributed by atoms with Gasteiger partial charge in [0.05, 0.1) is 23.5 Å². The first-order valence-electron chi connectivity index (χ1n) is 8.41. The number of anilines is 2. The third-order valence-corrected chi connectivity index (χ3v) is 5.06. The molecule has 0 spiro atoms. The van der Waals surface area contributed by atoms with Gasteiger partial charge >= 0.3 is 0 Å². The summed E-state index contributed by atoms with van der Waals surface area (Å²) in [5, 5.41) is 13.6. The number of amides is 1. The molecule has 28 heavy (non-hydrogen) atoms. The van der Waals surface area contributed by atoms with Crippen molar-refractivity contribution in [3.8, 4) is 5.75 Å². The number of rotatable bonds is 8. The van der Waals surface area contributed by atoms with Crippen LogP contribution in [0.25, 0.3) is 0 Å². The molecule has 10 heteroatoms. The molecular weight excluding hydrogens is 386 g/mol. The van der Waals surface area contributed by atoms with Crippen LogP contribution < -0.4 is 14.4 Å². The summed E-state index contributed by atoms with van der Waals surface area (Å²) in [6, 6.07) is 10.6. The zero-order valence-electron chi connectivity index (χ0n) is 15.7. The highest BCUT2D eigenvalue weighted by Gasteiger charge is 2.30. The molecule has 1 unspecified atom stereocenters. The standard InChI is InChI=1S/C18H21N3O6S/c1-4-27-17-10-8-14(9-11-17)19-18(22)13(2)20(28(3,25)26)15-6-5-7-16(12-15)21(23)24/h5-13H,4H2,1-3H3,(H,19,22). The van der Waals surface area contributed by atoms with Crippen LogP contribution in [0.1, 0.15) is 13.8 Å². The molecule has 2 aromatic rings. The lowest BCUT2D eigenvalue weighted by molar-refractivity contribution is -0.384. The van der Waals surface area contributed by atoms with Crippen LogP contribution in [0.15, 0.2) is 48.5 Å². The van der Waals surface area contributed by atoms with Crippen LogP contribution in [-0.2, 0) is 14.8 Å². The van der Waals surface area contributed by atoms with Gasteiger partial charge in [-0.05, 0) is 44.2 Å². The summed E-state index contributed by atoms with van der Waals surface area (Å²) in [7, 11) is -3.88. The highest BCUT2D eigenvalue weighted by atomic mass is 32.2. The Kier molecular flexibility index (Phi) is 6.57. The van der Waals surface area contributed by atoms with Crippen LogP contribution in [0.4, 0.5) is 17.1 Å². The van der Waals surface area contributed by atoms with Gasteiger partial charge in [-0.3, -0.25) is 19.2 Å². The number of benzene rings is 2. The monoisotopic (exact) mass is 407 g/mol. The van der Waals surface area contributed by atoms with E-state index < -0.39 is 26.9 Å². The number of ether oxygens (including phenoxy) is 1. The van der Waals surface area contributed by atoms with E-state index in [1.807, 2.05) is 6.92 Å². The molecule has 1 atom stereocenters. The molecule has 0 aromatic heterocycles. The first-order chi connectivity index (χ1) is 13.1. The third-order valence-electron chi connectivity index (χ3n) is 3.82. The maximum Gasteiger partial charge on any atom is 0.271 e. The fourth-order valence-corrected chi connectivity index (χ4v) is 3.77. The number of non-ortho nitro benzene ring substituents is 1. The molecule has 2 aromatic carbocycles. The predicted molar refractivity (Wildman–Crippen MR) is 106 cm³/mol. The van der Waals surface area contributed by atoms with Crippen LogP contribution in [0.5, 0.6) is 5.75 Å². The Morgan fingerprint density at radius 3 is 2.43 bits per heavy atom. The third kappa shape index (κ3) is 5.19. The van der Waals surface area contributed by atoms with E-state index in [0.717, 1.165) is 16.6 Å². The molecule has 0 fully saturated rings. The molecule has 150 valence electrons. The Balaban J connectivity index is 2.27. The summed E-state index contributed by atoms with van der Waals surface area (Å²) in [6.45, 7) is 3.77. The van der Waals surface area contributed by atoms with Gasteiger partial charge in [-0.1, -0.05) is 6.07 Å². The van der Waals surface area contributed by atoms with Crippen molar-refractivity contribution in [2.75, 3.05) is 22.5 Å². The number of nitro benzene ring substituents is 1. The predicted octanol–water partition coefficient (Wildman–Crippen LogP) is 2.79. The lowest BCUT2D eigenvalue weighted by atomic mass is 10.2. The smallest absolute Gasteiger partial charge is 0.271 e. The van der Waals surface area contributed by atoms with E-state index in [0.29, 0.717) is 18.0 Å². The molecule has 0 saturated carbocycles. The Hall–Kier alpha value is -3.14. The van der Waals surface area contributed by atoms with Crippen molar-refractivity contribution in [1.82, 2.24) is 0 Å². The van der Waals surface area contributed by atoms with E-state index in [2.05, 4.69) is 5.32 Å². The second-order valence-corrected chi connectivity index (χ2v) is 7.82. The fraction of sp³-hybridized carbons (Fsp3) is 0.278. The van der Waals surface area contributed by atoms with Gasteiger partial charge in [0, 0.05) is 17.8 Å². The number of hydrogen-bond acceptors (Lipinski definition) is 6. The van der Waals surface area contributed by atoms with Crippen molar-refractivity contribution < 1.29 is 22.9 Å². The molecule has 0 aliphatic rings. The zero-order chi connectivity index (χ0) is 20.9. The summed E-state index contributed by atoms with van der Waals surface area (Å²) in [5.41, 5.74) is 0.226. The van der Waals surface area contributed by atoms with Gasteiger partial charge in [-0.15, -0.1) is 0 Å². The van der Waals surface area contributed by atoms with E-state index in [4.69, 9.17) is 4.74 Å². The topological polar surface area (TPSA) is 119 Å². The van der Waals surface area contributed by atoms with Crippen molar-refractivity contribution >= 4 is 33.0 Å². The van der Waals surface area contributed by atoms with Gasteiger partial charge in [0.2, 0.25) is 15.9 Å². The summed E-state index contributed by atoms with van der Waals surface area (Å²) in [6.07, 6.45) is 0.937. The van der Waals surface area contributed by atoms with Crippen molar-refractivity contribution in [1.29, 1.82) is 0 Å². The number of carbonyl (C=O) groups is 1. The molecule has 0 heterocycles. The van der Waals surface area contributed by atoms with Crippen LogP contribution in [-0.4, -0.2) is 38.2 Å². The maximum absolute atomic E-state index is 12.6. The molecule has 9 nitrogen and oxygen atoms in total. The number of nitro groups is 1. The van der Waals surface area contributed by atoms with Gasteiger partial charge in [-0.2, -0.15) is 0 Å². The lowest BCUT2D eigenvalue weighted by Crippen LogP contribution is -2.45. The fourth-order valence-electron chi connectivity index (χ4n) is 2.60. The second kappa shape index (κ2) is 8.70. The van der Waals surface area contributed by atoms with Gasteiger partial charge in [-0.25, -0.2) is 8.42 Å². The summed E-state index contributed by atoms with van der Waals surface area (Å²) in [4.78, 5) is 23.0. The maximum atomic E-state index is 12.6. The number of nitrogens with one attached hydrogen (secondary N) is 1. The van der Waals surface area contributed by atoms with E-state index in [1.54, 1.807) is 24.3 Å². The van der Waals surface area contributed by atoms with Crippen molar-refractivity contribution in [3.63, 3.8) is 0 Å². The van der Waals surface area contributed by atoms with Crippen LogP contribution in [0, 0.1) is 10.1 Å². The number of sulfonamides is 1. The lowest BCUT2D eigenvalue weighted by Gasteiger charge is -2.28. The Morgan fingerprint density at radius 1 is 1.25 bits per heavy atom. The molecular formula is C18H21N3O6S. The Morgan fingerprint density at radius 2 is 1.89 bits per heavy atom. The minimum Gasteiger partial charge on any atom is -0.494 e. The largest absolute Gasteiger partial charge is 0.494 e. The molecule has 1 amide bonds. The van der Waals surface area contributed by atoms with Gasteiger partial charge in [0.1, 0.15) is 11.8 Å². The van der Waals surface area contributed by atoms with Crippen molar-refractivity contribution in [3.05, 3.63) is 58.6 Å². The second-order valence-electron chi connectivity index (χ2n) is 5.96. The van der Waals surface area contributed by atoms with Gasteiger partial charge in [0.15, 0.2) is 0 Å². The highest BCUT2D eigenvalue weighted by Crippen LogP contribution is 2.26. The summed E-state index contributed by atoms with van der Waals surface area (Å²) in [5.74, 6) is 0.0593. The SMILES string of the molecule is CCOc1ccc(NC(=O)C(C)N(c2cccc([N+](=O)[O-])c2)S(C)(=O)=O)cc1. The minimum atomic E-state index is -3.88. The van der Waals surface area contributed by atoms with Crippen LogP contribution in [0.2, 0.25) is 0 Å². The average Bonchev–Trinajstić information content (AvgIpc) is 2.62. The highest BCUT2D eigenvalue weighted by molar-refractivity contribution is 7.92. The van der Waals surface area contributed by atoms with E-state index >= 15 is 0 Å². The minimum absolute atomic E-state index is 0.0334. The summed E-state index contributed by atoms with van der Waals surface area (Å²) >= 11 is 0. The molecule has 0 saturated heterocycles. The number of nitrogens with zero attached hydrogens (tertiary/aromatic N) is 2. The normalized spacial score (nSPS) is 12.1. The Bertz CT molecular complexity index is 960. The molecule has 0 bridgehead atoms. The molecule has 2 rings (SSSR count). The van der Waals surface area contributed by atoms with Crippen molar-refractivity contribution in [2.45, 2.75) is 19.9 Å². The molecule has 0 radical (unpaired) electrons. The number of hydrogen-bond donors (Lipinski definition) is 1.